The highest BCUT2D eigenvalue weighted by Gasteiger charge is 2.71. The minimum Gasteiger partial charge on any atom is -0.497 e. The van der Waals surface area contributed by atoms with E-state index >= 15 is 9.59 Å². The topological polar surface area (TPSA) is 84.9 Å². The Balaban J connectivity index is 1.36. The van der Waals surface area contributed by atoms with E-state index in [1.165, 1.54) is 7.11 Å². The minimum absolute atomic E-state index is 0.332. The van der Waals surface area contributed by atoms with Crippen LogP contribution in [0.25, 0.3) is 6.08 Å². The molecule has 7 nitrogen and oxygen atoms in total. The summed E-state index contributed by atoms with van der Waals surface area (Å²) >= 11 is 0. The number of ether oxygens (including phenoxy) is 2. The molecule has 5 aromatic rings. The number of anilines is 2. The molecule has 0 aromatic heterocycles. The summed E-state index contributed by atoms with van der Waals surface area (Å²) < 4.78 is 12.0. The van der Waals surface area contributed by atoms with Gasteiger partial charge in [0, 0.05) is 16.9 Å². The smallest absolute Gasteiger partial charge is 0.330 e. The standard InChI is InChI=1S/C41H32N2O5/c1-47-30-19-12-18-29(25-30)37(44)35-36(39(45)48-38(27-14-4-2-5-15-27)28-16-6-3-7-17-28)43-33-22-11-8-13-26(33)23-24-34(43)41(35)31-20-9-10-21-32(31)42-40(41)46/h2-25,34-36,38H,1H3,(H,42,46). The Morgan fingerprint density at radius 2 is 1.46 bits per heavy atom. The van der Waals surface area contributed by atoms with E-state index in [-0.39, 0.29) is 11.7 Å². The second-order valence-corrected chi connectivity index (χ2v) is 12.3. The molecule has 0 bridgehead atoms. The number of esters is 1. The lowest BCUT2D eigenvalue weighted by Crippen LogP contribution is -2.51. The molecule has 3 heterocycles. The van der Waals surface area contributed by atoms with Gasteiger partial charge in [-0.05, 0) is 46.5 Å². The zero-order valence-electron chi connectivity index (χ0n) is 26.2. The van der Waals surface area contributed by atoms with Gasteiger partial charge in [0.15, 0.2) is 11.9 Å². The molecule has 1 N–H and O–H groups in total. The fourth-order valence-electron chi connectivity index (χ4n) is 7.82. The van der Waals surface area contributed by atoms with Crippen LogP contribution >= 0.6 is 0 Å². The summed E-state index contributed by atoms with van der Waals surface area (Å²) in [5.41, 5.74) is 3.41. The number of ketones is 1. The second-order valence-electron chi connectivity index (χ2n) is 12.3. The molecule has 3 aliphatic rings. The van der Waals surface area contributed by atoms with Crippen LogP contribution in [0, 0.1) is 5.92 Å². The van der Waals surface area contributed by atoms with Crippen LogP contribution in [0.3, 0.4) is 0 Å². The molecule has 48 heavy (non-hydrogen) atoms. The van der Waals surface area contributed by atoms with Crippen LogP contribution in [-0.2, 0) is 19.7 Å². The third-order valence-corrected chi connectivity index (χ3v) is 9.86. The van der Waals surface area contributed by atoms with Gasteiger partial charge in [0.25, 0.3) is 0 Å². The number of methoxy groups -OCH3 is 1. The van der Waals surface area contributed by atoms with Gasteiger partial charge in [0.05, 0.1) is 19.1 Å². The van der Waals surface area contributed by atoms with Crippen LogP contribution < -0.4 is 15.0 Å². The first kappa shape index (κ1) is 29.5. The number of hydrogen-bond donors (Lipinski definition) is 1. The molecule has 0 saturated carbocycles. The van der Waals surface area contributed by atoms with Gasteiger partial charge in [0.2, 0.25) is 5.91 Å². The first-order chi connectivity index (χ1) is 23.5. The minimum atomic E-state index is -1.44. The van der Waals surface area contributed by atoms with Gasteiger partial charge < -0.3 is 19.7 Å². The van der Waals surface area contributed by atoms with Crippen molar-refractivity contribution in [3.63, 3.8) is 0 Å². The van der Waals surface area contributed by atoms with Crippen LogP contribution in [0.2, 0.25) is 0 Å². The van der Waals surface area contributed by atoms with Gasteiger partial charge in [-0.3, -0.25) is 9.59 Å². The first-order valence-corrected chi connectivity index (χ1v) is 16.0. The third-order valence-electron chi connectivity index (χ3n) is 9.86. The van der Waals surface area contributed by atoms with Crippen molar-refractivity contribution < 1.29 is 23.9 Å². The number of nitrogens with one attached hydrogen (secondary N) is 1. The Bertz CT molecular complexity index is 2040. The van der Waals surface area contributed by atoms with E-state index in [4.69, 9.17) is 9.47 Å². The van der Waals surface area contributed by atoms with Gasteiger partial charge in [-0.1, -0.05) is 121 Å². The molecule has 1 saturated heterocycles. The number of nitrogens with zero attached hydrogens (tertiary/aromatic N) is 1. The second kappa shape index (κ2) is 11.7. The maximum Gasteiger partial charge on any atom is 0.330 e. The summed E-state index contributed by atoms with van der Waals surface area (Å²) in [5, 5.41) is 3.07. The number of Topliss-reactive ketones (excluding diaryl/α,β-unsaturated/α-hetero) is 1. The molecular formula is C41H32N2O5. The normalized spacial score (nSPS) is 21.8. The van der Waals surface area contributed by atoms with Crippen molar-refractivity contribution in [3.05, 3.63) is 167 Å². The van der Waals surface area contributed by atoms with Gasteiger partial charge >= 0.3 is 5.97 Å². The number of amides is 1. The Hall–Kier alpha value is -5.95. The maximum atomic E-state index is 15.1. The van der Waals surface area contributed by atoms with Crippen LogP contribution in [0.4, 0.5) is 11.4 Å². The summed E-state index contributed by atoms with van der Waals surface area (Å²) in [6.45, 7) is 0. The number of benzene rings is 5. The van der Waals surface area contributed by atoms with Crippen LogP contribution in [0.5, 0.6) is 5.75 Å². The zero-order chi connectivity index (χ0) is 32.8. The number of para-hydroxylation sites is 2. The van der Waals surface area contributed by atoms with E-state index in [0.29, 0.717) is 22.6 Å². The predicted octanol–water partition coefficient (Wildman–Crippen LogP) is 7.00. The number of fused-ring (bicyclic) bond motifs is 6. The van der Waals surface area contributed by atoms with Gasteiger partial charge in [-0.2, -0.15) is 0 Å². The largest absolute Gasteiger partial charge is 0.497 e. The van der Waals surface area contributed by atoms with Crippen LogP contribution in [-0.4, -0.2) is 36.9 Å². The first-order valence-electron chi connectivity index (χ1n) is 16.0. The van der Waals surface area contributed by atoms with Gasteiger partial charge in [-0.25, -0.2) is 4.79 Å². The summed E-state index contributed by atoms with van der Waals surface area (Å²) in [4.78, 5) is 46.8. The number of hydrogen-bond acceptors (Lipinski definition) is 6. The van der Waals surface area contributed by atoms with Crippen molar-refractivity contribution in [3.8, 4) is 5.75 Å². The van der Waals surface area contributed by atoms with E-state index in [2.05, 4.69) is 5.32 Å². The van der Waals surface area contributed by atoms with Crippen molar-refractivity contribution in [1.29, 1.82) is 0 Å². The highest BCUT2D eigenvalue weighted by atomic mass is 16.5. The molecule has 7 heteroatoms. The van der Waals surface area contributed by atoms with E-state index in [0.717, 1.165) is 22.4 Å². The zero-order valence-corrected chi connectivity index (χ0v) is 26.2. The molecule has 1 amide bonds. The molecule has 1 spiro atoms. The van der Waals surface area contributed by atoms with E-state index in [9.17, 15) is 4.79 Å². The predicted molar refractivity (Wildman–Crippen MR) is 184 cm³/mol. The molecule has 4 unspecified atom stereocenters. The summed E-state index contributed by atoms with van der Waals surface area (Å²) in [6, 6.07) is 39.3. The molecular weight excluding hydrogens is 600 g/mol. The third kappa shape index (κ3) is 4.46. The maximum absolute atomic E-state index is 15.1. The van der Waals surface area contributed by atoms with Crippen molar-refractivity contribution in [1.82, 2.24) is 0 Å². The van der Waals surface area contributed by atoms with Crippen molar-refractivity contribution in [2.24, 2.45) is 5.92 Å². The average Bonchev–Trinajstić information content (AvgIpc) is 3.63. The number of rotatable bonds is 7. The lowest BCUT2D eigenvalue weighted by molar-refractivity contribution is -0.150. The molecule has 0 aliphatic carbocycles. The average molecular weight is 633 g/mol. The molecule has 1 fully saturated rings. The molecule has 5 aromatic carbocycles. The van der Waals surface area contributed by atoms with Crippen LogP contribution in [0.1, 0.15) is 38.7 Å². The molecule has 4 atom stereocenters. The Morgan fingerprint density at radius 1 is 0.792 bits per heavy atom. The summed E-state index contributed by atoms with van der Waals surface area (Å²) in [7, 11) is 1.54. The molecule has 236 valence electrons. The van der Waals surface area contributed by atoms with Gasteiger partial charge in [0.1, 0.15) is 17.2 Å². The summed E-state index contributed by atoms with van der Waals surface area (Å²) in [6.07, 6.45) is 3.18. The Morgan fingerprint density at radius 3 is 2.19 bits per heavy atom. The van der Waals surface area contributed by atoms with E-state index in [1.807, 2.05) is 126 Å². The number of carbonyl (C=O) groups excluding carboxylic acids is 3. The highest BCUT2D eigenvalue weighted by molar-refractivity contribution is 6.16. The van der Waals surface area contributed by atoms with E-state index in [1.54, 1.807) is 24.3 Å². The van der Waals surface area contributed by atoms with Crippen molar-refractivity contribution in [2.45, 2.75) is 23.6 Å². The lowest BCUT2D eigenvalue weighted by atomic mass is 9.64. The van der Waals surface area contributed by atoms with Crippen LogP contribution in [0.15, 0.2) is 140 Å². The molecule has 3 aliphatic heterocycles. The van der Waals surface area contributed by atoms with E-state index < -0.39 is 35.5 Å². The number of carbonyl (C=O) groups is 3. The van der Waals surface area contributed by atoms with Crippen molar-refractivity contribution >= 4 is 35.1 Å². The lowest BCUT2D eigenvalue weighted by Gasteiger charge is -2.37. The fourth-order valence-corrected chi connectivity index (χ4v) is 7.82. The molecule has 8 rings (SSSR count). The quantitative estimate of drug-likeness (QED) is 0.154. The fraction of sp³-hybridized carbons (Fsp3) is 0.146. The highest BCUT2D eigenvalue weighted by Crippen LogP contribution is 2.58. The SMILES string of the molecule is COc1cccc(C(=O)C2C(C(=O)OC(c3ccccc3)c3ccccc3)N3c4ccccc4C=CC3C23C(=O)Nc2ccccc23)c1. The molecule has 0 radical (unpaired) electrons. The monoisotopic (exact) mass is 632 g/mol. The Labute approximate surface area is 278 Å². The summed E-state index contributed by atoms with van der Waals surface area (Å²) in [5.74, 6) is -1.94. The van der Waals surface area contributed by atoms with Gasteiger partial charge in [-0.15, -0.1) is 0 Å². The Kier molecular flexibility index (Phi) is 7.17. The van der Waals surface area contributed by atoms with Crippen molar-refractivity contribution in [2.75, 3.05) is 17.3 Å².